The lowest BCUT2D eigenvalue weighted by atomic mass is 10.2. The van der Waals surface area contributed by atoms with E-state index in [0.717, 1.165) is 0 Å². The quantitative estimate of drug-likeness (QED) is 0.880. The highest BCUT2D eigenvalue weighted by atomic mass is 19.3. The topological polar surface area (TPSA) is 71.5 Å². The molecule has 7 heteroatoms. The zero-order chi connectivity index (χ0) is 14.5. The Bertz CT molecular complexity index is 620. The summed E-state index contributed by atoms with van der Waals surface area (Å²) in [5.74, 6) is -1.22. The summed E-state index contributed by atoms with van der Waals surface area (Å²) in [7, 11) is 0. The van der Waals surface area contributed by atoms with E-state index >= 15 is 0 Å². The Hall–Kier alpha value is -2.70. The second-order valence-corrected chi connectivity index (χ2v) is 3.70. The molecule has 1 aromatic carbocycles. The molecule has 2 rings (SSSR count). The molecule has 0 atom stereocenters. The molecule has 1 heterocycles. The normalized spacial score (nSPS) is 10.3. The Balaban J connectivity index is 2.33. The van der Waals surface area contributed by atoms with Gasteiger partial charge in [0, 0.05) is 6.20 Å². The van der Waals surface area contributed by atoms with Crippen LogP contribution < -0.4 is 10.1 Å². The van der Waals surface area contributed by atoms with Gasteiger partial charge in [0.2, 0.25) is 0 Å². The second-order valence-electron chi connectivity index (χ2n) is 3.70. The van der Waals surface area contributed by atoms with Crippen molar-refractivity contribution in [3.8, 4) is 5.75 Å². The number of hydrogen-bond donors (Lipinski definition) is 2. The first-order chi connectivity index (χ1) is 9.58. The van der Waals surface area contributed by atoms with E-state index < -0.39 is 12.6 Å². The van der Waals surface area contributed by atoms with E-state index in [-0.39, 0.29) is 22.8 Å². The Labute approximate surface area is 112 Å². The minimum atomic E-state index is -2.97. The Morgan fingerprint density at radius 3 is 2.70 bits per heavy atom. The van der Waals surface area contributed by atoms with Gasteiger partial charge in [0.05, 0.1) is 5.69 Å². The van der Waals surface area contributed by atoms with Gasteiger partial charge in [0.15, 0.2) is 0 Å². The summed E-state index contributed by atoms with van der Waals surface area (Å²) >= 11 is 0. The summed E-state index contributed by atoms with van der Waals surface area (Å²) in [4.78, 5) is 14.9. The molecular weight excluding hydrogens is 270 g/mol. The van der Waals surface area contributed by atoms with Gasteiger partial charge in [-0.3, -0.25) is 0 Å². The van der Waals surface area contributed by atoms with Gasteiger partial charge in [-0.05, 0) is 24.3 Å². The van der Waals surface area contributed by atoms with Gasteiger partial charge >= 0.3 is 12.6 Å². The number of rotatable bonds is 5. The number of nitrogens with zero attached hydrogens (tertiary/aromatic N) is 1. The van der Waals surface area contributed by atoms with E-state index in [2.05, 4.69) is 15.0 Å². The van der Waals surface area contributed by atoms with E-state index in [1.807, 2.05) is 0 Å². The highest BCUT2D eigenvalue weighted by Gasteiger charge is 2.14. The number of pyridine rings is 1. The Kier molecular flexibility index (Phi) is 4.09. The van der Waals surface area contributed by atoms with Crippen LogP contribution in [0.3, 0.4) is 0 Å². The van der Waals surface area contributed by atoms with Crippen LogP contribution >= 0.6 is 0 Å². The van der Waals surface area contributed by atoms with Crippen molar-refractivity contribution in [1.82, 2.24) is 4.98 Å². The number of carboxylic acid groups (broad SMARTS) is 1. The number of aromatic carboxylic acids is 1. The predicted octanol–water partition coefficient (Wildman–Crippen LogP) is 3.12. The van der Waals surface area contributed by atoms with E-state index in [9.17, 15) is 13.6 Å². The van der Waals surface area contributed by atoms with Crippen molar-refractivity contribution in [3.05, 3.63) is 48.2 Å². The molecule has 0 amide bonds. The molecule has 0 unspecified atom stereocenters. The van der Waals surface area contributed by atoms with E-state index in [4.69, 9.17) is 5.11 Å². The third-order valence-electron chi connectivity index (χ3n) is 2.39. The summed E-state index contributed by atoms with van der Waals surface area (Å²) in [6.07, 6.45) is 1.39. The molecule has 2 aromatic rings. The molecule has 0 saturated carbocycles. The highest BCUT2D eigenvalue weighted by molar-refractivity contribution is 5.94. The molecule has 0 saturated heterocycles. The first kappa shape index (κ1) is 13.7. The average Bonchev–Trinajstić information content (AvgIpc) is 2.41. The minimum absolute atomic E-state index is 0.0466. The van der Waals surface area contributed by atoms with Crippen LogP contribution in [0.5, 0.6) is 5.75 Å². The summed E-state index contributed by atoms with van der Waals surface area (Å²) in [6, 6.07) is 8.78. The third kappa shape index (κ3) is 3.19. The second kappa shape index (κ2) is 5.96. The molecule has 0 spiro atoms. The standard InChI is InChI=1S/C13H10F2N2O3/c14-13(15)20-10-6-2-1-5-9(10)17-11-8(12(18)19)4-3-7-16-11/h1-7,13H,(H,16,17)(H,18,19). The molecule has 20 heavy (non-hydrogen) atoms. The summed E-state index contributed by atoms with van der Waals surface area (Å²) in [6.45, 7) is -2.97. The molecule has 0 aliphatic heterocycles. The van der Waals surface area contributed by atoms with Crippen LogP contribution in [0.25, 0.3) is 0 Å². The number of hydrogen-bond acceptors (Lipinski definition) is 4. The average molecular weight is 280 g/mol. The van der Waals surface area contributed by atoms with Crippen LogP contribution in [-0.4, -0.2) is 22.7 Å². The lowest BCUT2D eigenvalue weighted by molar-refractivity contribution is -0.0493. The van der Waals surface area contributed by atoms with Crippen molar-refractivity contribution >= 4 is 17.5 Å². The zero-order valence-corrected chi connectivity index (χ0v) is 10.1. The number of aromatic nitrogens is 1. The van der Waals surface area contributed by atoms with E-state index in [0.29, 0.717) is 0 Å². The van der Waals surface area contributed by atoms with Gasteiger partial charge in [0.25, 0.3) is 0 Å². The van der Waals surface area contributed by atoms with Gasteiger partial charge < -0.3 is 15.2 Å². The Morgan fingerprint density at radius 1 is 1.25 bits per heavy atom. The minimum Gasteiger partial charge on any atom is -0.478 e. The molecule has 5 nitrogen and oxygen atoms in total. The lowest BCUT2D eigenvalue weighted by Crippen LogP contribution is -2.07. The van der Waals surface area contributed by atoms with Crippen molar-refractivity contribution < 1.29 is 23.4 Å². The van der Waals surface area contributed by atoms with Crippen LogP contribution in [0.1, 0.15) is 10.4 Å². The SMILES string of the molecule is O=C(O)c1cccnc1Nc1ccccc1OC(F)F. The van der Waals surface area contributed by atoms with E-state index in [1.165, 1.54) is 36.5 Å². The molecular formula is C13H10F2N2O3. The summed E-state index contributed by atoms with van der Waals surface area (Å²) in [5, 5.41) is 11.7. The van der Waals surface area contributed by atoms with Gasteiger partial charge in [-0.1, -0.05) is 12.1 Å². The molecule has 2 N–H and O–H groups in total. The fourth-order valence-corrected chi connectivity index (χ4v) is 1.57. The van der Waals surface area contributed by atoms with Crippen molar-refractivity contribution in [2.75, 3.05) is 5.32 Å². The number of nitrogens with one attached hydrogen (secondary N) is 1. The number of carbonyl (C=O) groups is 1. The van der Waals surface area contributed by atoms with Crippen LogP contribution in [0.15, 0.2) is 42.6 Å². The molecule has 104 valence electrons. The maximum absolute atomic E-state index is 12.3. The number of ether oxygens (including phenoxy) is 1. The lowest BCUT2D eigenvalue weighted by Gasteiger charge is -2.13. The van der Waals surface area contributed by atoms with Crippen LogP contribution in [-0.2, 0) is 0 Å². The van der Waals surface area contributed by atoms with Crippen molar-refractivity contribution in [3.63, 3.8) is 0 Å². The number of carboxylic acids is 1. The molecule has 0 aliphatic rings. The van der Waals surface area contributed by atoms with Crippen LogP contribution in [0.4, 0.5) is 20.3 Å². The number of benzene rings is 1. The largest absolute Gasteiger partial charge is 0.478 e. The van der Waals surface area contributed by atoms with E-state index in [1.54, 1.807) is 6.07 Å². The maximum Gasteiger partial charge on any atom is 0.387 e. The fourth-order valence-electron chi connectivity index (χ4n) is 1.57. The fraction of sp³-hybridized carbons (Fsp3) is 0.0769. The molecule has 0 bridgehead atoms. The monoisotopic (exact) mass is 280 g/mol. The Morgan fingerprint density at radius 2 is 2.00 bits per heavy atom. The summed E-state index contributed by atoms with van der Waals surface area (Å²) < 4.78 is 28.9. The number of anilines is 2. The number of alkyl halides is 2. The van der Waals surface area contributed by atoms with Gasteiger partial charge in [0.1, 0.15) is 17.1 Å². The van der Waals surface area contributed by atoms with Crippen molar-refractivity contribution in [1.29, 1.82) is 0 Å². The molecule has 1 aromatic heterocycles. The predicted molar refractivity (Wildman–Crippen MR) is 67.6 cm³/mol. The molecule has 0 radical (unpaired) electrons. The highest BCUT2D eigenvalue weighted by Crippen LogP contribution is 2.29. The van der Waals surface area contributed by atoms with Crippen LogP contribution in [0.2, 0.25) is 0 Å². The van der Waals surface area contributed by atoms with Gasteiger partial charge in [-0.2, -0.15) is 8.78 Å². The number of halogens is 2. The first-order valence-corrected chi connectivity index (χ1v) is 5.57. The third-order valence-corrected chi connectivity index (χ3v) is 2.39. The van der Waals surface area contributed by atoms with Gasteiger partial charge in [-0.25, -0.2) is 9.78 Å². The van der Waals surface area contributed by atoms with Crippen molar-refractivity contribution in [2.24, 2.45) is 0 Å². The summed E-state index contributed by atoms with van der Waals surface area (Å²) in [5.41, 5.74) is 0.133. The molecule has 0 fully saturated rings. The molecule has 0 aliphatic carbocycles. The number of para-hydroxylation sites is 2. The zero-order valence-electron chi connectivity index (χ0n) is 10.1. The first-order valence-electron chi connectivity index (χ1n) is 5.57. The smallest absolute Gasteiger partial charge is 0.387 e. The van der Waals surface area contributed by atoms with Crippen LogP contribution in [0, 0.1) is 0 Å². The van der Waals surface area contributed by atoms with Gasteiger partial charge in [-0.15, -0.1) is 0 Å². The maximum atomic E-state index is 12.3. The van der Waals surface area contributed by atoms with Crippen molar-refractivity contribution in [2.45, 2.75) is 6.61 Å².